The molecule has 7 nitrogen and oxygen atoms in total. The Morgan fingerprint density at radius 1 is 1.08 bits per heavy atom. The van der Waals surface area contributed by atoms with Crippen LogP contribution in [0, 0.1) is 20.8 Å². The van der Waals surface area contributed by atoms with Crippen molar-refractivity contribution in [3.63, 3.8) is 0 Å². The second-order valence-electron chi connectivity index (χ2n) is 6.22. The van der Waals surface area contributed by atoms with Crippen LogP contribution in [0.5, 0.6) is 0 Å². The predicted octanol–water partition coefficient (Wildman–Crippen LogP) is 3.36. The van der Waals surface area contributed by atoms with Crippen LogP contribution < -0.4 is 4.72 Å². The Morgan fingerprint density at radius 2 is 1.73 bits per heavy atom. The Bertz CT molecular complexity index is 1050. The van der Waals surface area contributed by atoms with Crippen LogP contribution in [-0.4, -0.2) is 23.2 Å². The van der Waals surface area contributed by atoms with Gasteiger partial charge in [-0.15, -0.1) is 10.2 Å². The molecule has 2 aromatic heterocycles. The fourth-order valence-corrected chi connectivity index (χ4v) is 4.49. The van der Waals surface area contributed by atoms with Gasteiger partial charge in [0.2, 0.25) is 5.89 Å². The average molecular weight is 374 g/mol. The summed E-state index contributed by atoms with van der Waals surface area (Å²) in [5.74, 6) is 0.581. The van der Waals surface area contributed by atoms with Gasteiger partial charge in [0.15, 0.2) is 0 Å². The minimum atomic E-state index is -3.83. The number of hydrogen-bond donors (Lipinski definition) is 1. The van der Waals surface area contributed by atoms with Gasteiger partial charge in [-0.25, -0.2) is 8.42 Å². The van der Waals surface area contributed by atoms with Crippen molar-refractivity contribution in [2.75, 3.05) is 4.72 Å². The third-order valence-electron chi connectivity index (χ3n) is 4.55. The first-order valence-corrected chi connectivity index (χ1v) is 9.81. The van der Waals surface area contributed by atoms with Crippen molar-refractivity contribution in [1.29, 1.82) is 0 Å². The molecule has 0 saturated carbocycles. The van der Waals surface area contributed by atoms with E-state index < -0.39 is 10.0 Å². The normalized spacial score (nSPS) is 11.7. The zero-order chi connectivity index (χ0) is 19.1. The molecule has 0 unspecified atom stereocenters. The summed E-state index contributed by atoms with van der Waals surface area (Å²) < 4.78 is 36.2. The molecular weight excluding hydrogens is 352 g/mol. The molecule has 8 heteroatoms. The molecule has 3 rings (SSSR count). The van der Waals surface area contributed by atoms with Crippen LogP contribution in [0.15, 0.2) is 33.6 Å². The van der Waals surface area contributed by atoms with Crippen molar-refractivity contribution in [3.05, 3.63) is 47.1 Å². The van der Waals surface area contributed by atoms with E-state index >= 15 is 0 Å². The van der Waals surface area contributed by atoms with Gasteiger partial charge in [-0.2, -0.15) is 0 Å². The molecule has 0 fully saturated rings. The van der Waals surface area contributed by atoms with Gasteiger partial charge in [-0.3, -0.25) is 4.72 Å². The minimum Gasteiger partial charge on any atom is -0.421 e. The van der Waals surface area contributed by atoms with Gasteiger partial charge < -0.3 is 8.98 Å². The van der Waals surface area contributed by atoms with Gasteiger partial charge in [0.05, 0.1) is 5.56 Å². The first kappa shape index (κ1) is 18.2. The lowest BCUT2D eigenvalue weighted by molar-refractivity contribution is 0.530. The number of nitrogens with one attached hydrogen (secondary N) is 1. The summed E-state index contributed by atoms with van der Waals surface area (Å²) in [6.45, 7) is 7.31. The predicted molar refractivity (Wildman–Crippen MR) is 99.5 cm³/mol. The monoisotopic (exact) mass is 374 g/mol. The fraction of sp³-hybridized carbons (Fsp3) is 0.333. The topological polar surface area (TPSA) is 90.0 Å². The van der Waals surface area contributed by atoms with E-state index in [4.69, 9.17) is 4.42 Å². The number of aromatic nitrogens is 3. The lowest BCUT2D eigenvalue weighted by atomic mass is 10.2. The lowest BCUT2D eigenvalue weighted by Gasteiger charge is -2.10. The average Bonchev–Trinajstić information content (AvgIpc) is 3.12. The largest absolute Gasteiger partial charge is 0.421 e. The number of rotatable bonds is 5. The van der Waals surface area contributed by atoms with E-state index in [0.29, 0.717) is 22.8 Å². The standard InChI is InChI=1S/C18H22N4O3S/c1-6-14-7-9-15(10-8-14)21-26(23,24)17-12(3)22(5)11(2)16(17)18-20-19-13(4)25-18/h7-10,21H,6H2,1-5H3. The summed E-state index contributed by atoms with van der Waals surface area (Å²) in [4.78, 5) is 0.153. The summed E-state index contributed by atoms with van der Waals surface area (Å²) in [7, 11) is -2.02. The van der Waals surface area contributed by atoms with E-state index in [9.17, 15) is 8.42 Å². The molecule has 26 heavy (non-hydrogen) atoms. The quantitative estimate of drug-likeness (QED) is 0.739. The van der Waals surface area contributed by atoms with Crippen molar-refractivity contribution >= 4 is 15.7 Å². The zero-order valence-electron chi connectivity index (χ0n) is 15.5. The number of aryl methyl sites for hydroxylation is 2. The Morgan fingerprint density at radius 3 is 2.27 bits per heavy atom. The number of hydrogen-bond acceptors (Lipinski definition) is 5. The van der Waals surface area contributed by atoms with Crippen molar-refractivity contribution in [2.45, 2.75) is 39.0 Å². The molecule has 3 aromatic rings. The maximum atomic E-state index is 13.1. The van der Waals surface area contributed by atoms with Crippen molar-refractivity contribution < 1.29 is 12.8 Å². The van der Waals surface area contributed by atoms with Gasteiger partial charge in [-0.1, -0.05) is 19.1 Å². The maximum absolute atomic E-state index is 13.1. The summed E-state index contributed by atoms with van der Waals surface area (Å²) in [5, 5.41) is 7.84. The van der Waals surface area contributed by atoms with E-state index in [-0.39, 0.29) is 10.8 Å². The smallest absolute Gasteiger partial charge is 0.264 e. The van der Waals surface area contributed by atoms with Crippen LogP contribution in [0.25, 0.3) is 11.5 Å². The van der Waals surface area contributed by atoms with Crippen LogP contribution >= 0.6 is 0 Å². The van der Waals surface area contributed by atoms with Gasteiger partial charge in [-0.05, 0) is 38.0 Å². The van der Waals surface area contributed by atoms with E-state index in [1.165, 1.54) is 0 Å². The van der Waals surface area contributed by atoms with Crippen LogP contribution in [0.1, 0.15) is 29.8 Å². The zero-order valence-corrected chi connectivity index (χ0v) is 16.3. The number of anilines is 1. The molecule has 0 aliphatic heterocycles. The Hall–Kier alpha value is -2.61. The van der Waals surface area contributed by atoms with Crippen LogP contribution in [-0.2, 0) is 23.5 Å². The third kappa shape index (κ3) is 3.12. The van der Waals surface area contributed by atoms with Crippen molar-refractivity contribution in [2.24, 2.45) is 7.05 Å². The Kier molecular flexibility index (Phi) is 4.62. The van der Waals surface area contributed by atoms with E-state index in [0.717, 1.165) is 17.7 Å². The van der Waals surface area contributed by atoms with Gasteiger partial charge >= 0.3 is 0 Å². The van der Waals surface area contributed by atoms with E-state index in [1.807, 2.05) is 37.6 Å². The van der Waals surface area contributed by atoms with Crippen LogP contribution in [0.3, 0.4) is 0 Å². The second kappa shape index (κ2) is 6.60. The maximum Gasteiger partial charge on any atom is 0.264 e. The number of nitrogens with zero attached hydrogens (tertiary/aromatic N) is 3. The molecule has 0 atom stereocenters. The molecule has 0 saturated heterocycles. The molecule has 0 spiro atoms. The molecule has 0 amide bonds. The molecule has 2 heterocycles. The van der Waals surface area contributed by atoms with Crippen LogP contribution in [0.4, 0.5) is 5.69 Å². The molecule has 0 aliphatic carbocycles. The number of benzene rings is 1. The molecule has 1 aromatic carbocycles. The summed E-state index contributed by atoms with van der Waals surface area (Å²) in [6.07, 6.45) is 0.894. The van der Waals surface area contributed by atoms with Gasteiger partial charge in [0.1, 0.15) is 4.90 Å². The molecule has 0 aliphatic rings. The molecule has 138 valence electrons. The third-order valence-corrected chi connectivity index (χ3v) is 6.09. The molecular formula is C18H22N4O3S. The Labute approximate surface area is 153 Å². The highest BCUT2D eigenvalue weighted by Crippen LogP contribution is 2.35. The summed E-state index contributed by atoms with van der Waals surface area (Å²) in [5.41, 5.74) is 3.43. The Balaban J connectivity index is 2.10. The minimum absolute atomic E-state index is 0.153. The highest BCUT2D eigenvalue weighted by Gasteiger charge is 2.30. The summed E-state index contributed by atoms with van der Waals surface area (Å²) >= 11 is 0. The van der Waals surface area contributed by atoms with E-state index in [2.05, 4.69) is 14.9 Å². The van der Waals surface area contributed by atoms with Crippen molar-refractivity contribution in [1.82, 2.24) is 14.8 Å². The summed E-state index contributed by atoms with van der Waals surface area (Å²) in [6, 6.07) is 7.34. The molecule has 1 N–H and O–H groups in total. The second-order valence-corrected chi connectivity index (χ2v) is 7.84. The first-order valence-electron chi connectivity index (χ1n) is 8.32. The molecule has 0 radical (unpaired) electrons. The first-order chi connectivity index (χ1) is 12.2. The van der Waals surface area contributed by atoms with E-state index in [1.54, 1.807) is 26.0 Å². The van der Waals surface area contributed by atoms with Crippen LogP contribution in [0.2, 0.25) is 0 Å². The van der Waals surface area contributed by atoms with Crippen molar-refractivity contribution in [3.8, 4) is 11.5 Å². The fourth-order valence-electron chi connectivity index (χ4n) is 2.91. The van der Waals surface area contributed by atoms with Gasteiger partial charge in [0, 0.05) is 31.0 Å². The highest BCUT2D eigenvalue weighted by molar-refractivity contribution is 7.93. The van der Waals surface area contributed by atoms with Gasteiger partial charge in [0.25, 0.3) is 15.9 Å². The lowest BCUT2D eigenvalue weighted by Crippen LogP contribution is -2.15. The molecule has 0 bridgehead atoms. The number of sulfonamides is 1. The highest BCUT2D eigenvalue weighted by atomic mass is 32.2. The SMILES string of the molecule is CCc1ccc(NS(=O)(=O)c2c(-c3nnc(C)o3)c(C)n(C)c2C)cc1.